The van der Waals surface area contributed by atoms with Gasteiger partial charge in [-0.25, -0.2) is 4.79 Å². The third-order valence-corrected chi connectivity index (χ3v) is 5.90. The van der Waals surface area contributed by atoms with Crippen molar-refractivity contribution >= 4 is 51.9 Å². The van der Waals surface area contributed by atoms with Crippen molar-refractivity contribution in [2.24, 2.45) is 0 Å². The third-order valence-electron chi connectivity index (χ3n) is 4.57. The predicted molar refractivity (Wildman–Crippen MR) is 117 cm³/mol. The topological polar surface area (TPSA) is 114 Å². The minimum atomic E-state index is -1.10. The van der Waals surface area contributed by atoms with Crippen LogP contribution in [0.1, 0.15) is 31.1 Å². The van der Waals surface area contributed by atoms with Crippen molar-refractivity contribution in [3.05, 3.63) is 56.7 Å². The van der Waals surface area contributed by atoms with Crippen LogP contribution in [0.2, 0.25) is 0 Å². The van der Waals surface area contributed by atoms with Crippen molar-refractivity contribution in [1.82, 2.24) is 4.90 Å². The van der Waals surface area contributed by atoms with Crippen LogP contribution in [0, 0.1) is 17.0 Å². The zero-order valence-electron chi connectivity index (χ0n) is 16.2. The van der Waals surface area contributed by atoms with Crippen LogP contribution >= 0.6 is 24.0 Å². The molecule has 3 rings (SSSR count). The van der Waals surface area contributed by atoms with Gasteiger partial charge in [0.15, 0.2) is 0 Å². The molecule has 0 bridgehead atoms. The van der Waals surface area contributed by atoms with Gasteiger partial charge in [-0.3, -0.25) is 19.8 Å². The Morgan fingerprint density at radius 3 is 2.77 bits per heavy atom. The number of furan rings is 1. The van der Waals surface area contributed by atoms with Gasteiger partial charge in [-0.1, -0.05) is 49.5 Å². The van der Waals surface area contributed by atoms with Gasteiger partial charge in [0.2, 0.25) is 0 Å². The highest BCUT2D eigenvalue weighted by atomic mass is 32.2. The van der Waals surface area contributed by atoms with Gasteiger partial charge in [0, 0.05) is 23.3 Å². The maximum Gasteiger partial charge on any atom is 0.326 e. The number of aryl methyl sites for hydroxylation is 1. The van der Waals surface area contributed by atoms with Gasteiger partial charge in [-0.15, -0.1) is 0 Å². The largest absolute Gasteiger partial charge is 0.480 e. The highest BCUT2D eigenvalue weighted by Gasteiger charge is 2.40. The summed E-state index contributed by atoms with van der Waals surface area (Å²) in [7, 11) is 0. The number of thiocarbonyl (C=S) groups is 1. The summed E-state index contributed by atoms with van der Waals surface area (Å²) in [4.78, 5) is 36.4. The number of carboxylic acids is 1. The van der Waals surface area contributed by atoms with Crippen LogP contribution in [0.3, 0.4) is 0 Å². The summed E-state index contributed by atoms with van der Waals surface area (Å²) in [6.45, 7) is 3.49. The molecule has 1 fully saturated rings. The molecule has 8 nitrogen and oxygen atoms in total. The molecule has 30 heavy (non-hydrogen) atoms. The summed E-state index contributed by atoms with van der Waals surface area (Å²) >= 11 is 6.24. The lowest BCUT2D eigenvalue weighted by Crippen LogP contribution is -2.43. The maximum atomic E-state index is 12.7. The average molecular weight is 447 g/mol. The molecule has 156 valence electrons. The van der Waals surface area contributed by atoms with Crippen LogP contribution in [0.25, 0.3) is 17.4 Å². The van der Waals surface area contributed by atoms with Crippen LogP contribution in [0.4, 0.5) is 5.69 Å². The van der Waals surface area contributed by atoms with Crippen LogP contribution in [0.15, 0.2) is 39.7 Å². The van der Waals surface area contributed by atoms with Crippen molar-refractivity contribution in [3.8, 4) is 11.3 Å². The van der Waals surface area contributed by atoms with Gasteiger partial charge < -0.3 is 9.52 Å². The van der Waals surface area contributed by atoms with E-state index in [0.717, 1.165) is 16.7 Å². The quantitative estimate of drug-likeness (QED) is 0.284. The first-order valence-corrected chi connectivity index (χ1v) is 10.3. The zero-order chi connectivity index (χ0) is 22.0. The molecule has 1 aromatic carbocycles. The predicted octanol–water partition coefficient (Wildman–Crippen LogP) is 4.62. The second kappa shape index (κ2) is 8.80. The Balaban J connectivity index is 1.87. The summed E-state index contributed by atoms with van der Waals surface area (Å²) in [5.41, 5.74) is 1.06. The number of benzene rings is 1. The molecule has 1 N–H and O–H groups in total. The molecule has 2 aromatic rings. The molecule has 1 unspecified atom stereocenters. The number of amides is 1. The van der Waals surface area contributed by atoms with E-state index in [4.69, 9.17) is 16.6 Å². The Kier molecular flexibility index (Phi) is 6.37. The molecule has 0 spiro atoms. The lowest BCUT2D eigenvalue weighted by Gasteiger charge is -2.22. The van der Waals surface area contributed by atoms with Gasteiger partial charge in [0.05, 0.1) is 9.83 Å². The molecule has 1 atom stereocenters. The first-order valence-electron chi connectivity index (χ1n) is 9.08. The van der Waals surface area contributed by atoms with E-state index in [2.05, 4.69) is 0 Å². The van der Waals surface area contributed by atoms with Gasteiger partial charge in [-0.2, -0.15) is 0 Å². The molecule has 10 heteroatoms. The Labute approximate surface area is 181 Å². The number of hydrogen-bond donors (Lipinski definition) is 1. The summed E-state index contributed by atoms with van der Waals surface area (Å²) in [5.74, 6) is -0.809. The van der Waals surface area contributed by atoms with E-state index in [-0.39, 0.29) is 14.9 Å². The number of thioether (sulfide) groups is 1. The fourth-order valence-corrected chi connectivity index (χ4v) is 4.40. The molecule has 1 aliphatic rings. The highest BCUT2D eigenvalue weighted by Crippen LogP contribution is 2.36. The molecule has 0 saturated carbocycles. The number of nitrogens with zero attached hydrogens (tertiary/aromatic N) is 2. The summed E-state index contributed by atoms with van der Waals surface area (Å²) < 4.78 is 5.93. The number of rotatable bonds is 7. The minimum absolute atomic E-state index is 0.0121. The molecule has 1 saturated heterocycles. The van der Waals surface area contributed by atoms with E-state index in [9.17, 15) is 24.8 Å². The molecule has 0 radical (unpaired) electrons. The SMILES string of the molecule is CCCC(C(=O)O)N1C(=O)/C(=C/c2ccc(-c3ccc(C)c([N+](=O)[O-])c3)o2)SC1=S. The van der Waals surface area contributed by atoms with Crippen LogP contribution in [-0.2, 0) is 9.59 Å². The minimum Gasteiger partial charge on any atom is -0.480 e. The number of nitro benzene ring substituents is 1. The number of aliphatic carboxylic acids is 1. The van der Waals surface area contributed by atoms with Crippen molar-refractivity contribution < 1.29 is 24.0 Å². The van der Waals surface area contributed by atoms with Crippen LogP contribution in [0.5, 0.6) is 0 Å². The smallest absolute Gasteiger partial charge is 0.326 e. The van der Waals surface area contributed by atoms with Crippen molar-refractivity contribution in [3.63, 3.8) is 0 Å². The number of carbonyl (C=O) groups excluding carboxylic acids is 1. The highest BCUT2D eigenvalue weighted by molar-refractivity contribution is 8.26. The fraction of sp³-hybridized carbons (Fsp3) is 0.250. The van der Waals surface area contributed by atoms with Crippen LogP contribution in [-0.4, -0.2) is 37.2 Å². The standard InChI is InChI=1S/C20H18N2O6S2/c1-3-4-14(19(24)25)21-18(23)17(30-20(21)29)10-13-7-8-16(28-13)12-6-5-11(2)15(9-12)22(26)27/h5-10,14H,3-4H2,1-2H3,(H,24,25)/b17-10-. The summed E-state index contributed by atoms with van der Waals surface area (Å²) in [5, 5.41) is 20.6. The van der Waals surface area contributed by atoms with Gasteiger partial charge in [0.1, 0.15) is 21.9 Å². The number of nitro groups is 1. The van der Waals surface area contributed by atoms with E-state index < -0.39 is 22.8 Å². The number of carboxylic acid groups (broad SMARTS) is 1. The summed E-state index contributed by atoms with van der Waals surface area (Å²) in [6.07, 6.45) is 2.39. The second-order valence-electron chi connectivity index (χ2n) is 6.65. The molecular weight excluding hydrogens is 428 g/mol. The summed E-state index contributed by atoms with van der Waals surface area (Å²) in [6, 6.07) is 7.06. The number of carbonyl (C=O) groups is 2. The van der Waals surface area contributed by atoms with Crippen molar-refractivity contribution in [2.75, 3.05) is 0 Å². The molecule has 0 aliphatic carbocycles. The van der Waals surface area contributed by atoms with Crippen LogP contribution < -0.4 is 0 Å². The monoisotopic (exact) mass is 446 g/mol. The van der Waals surface area contributed by atoms with Gasteiger partial charge in [-0.05, 0) is 25.5 Å². The van der Waals surface area contributed by atoms with E-state index in [0.29, 0.717) is 35.5 Å². The molecular formula is C20H18N2O6S2. The van der Waals surface area contributed by atoms with Crippen molar-refractivity contribution in [1.29, 1.82) is 0 Å². The van der Waals surface area contributed by atoms with E-state index in [1.807, 2.05) is 6.92 Å². The number of hydrogen-bond acceptors (Lipinski definition) is 7. The first kappa shape index (κ1) is 21.7. The zero-order valence-corrected chi connectivity index (χ0v) is 17.8. The lowest BCUT2D eigenvalue weighted by molar-refractivity contribution is -0.385. The van der Waals surface area contributed by atoms with E-state index in [1.165, 1.54) is 12.1 Å². The maximum absolute atomic E-state index is 12.7. The molecule has 2 heterocycles. The third kappa shape index (κ3) is 4.29. The van der Waals surface area contributed by atoms with E-state index >= 15 is 0 Å². The van der Waals surface area contributed by atoms with E-state index in [1.54, 1.807) is 31.2 Å². The van der Waals surface area contributed by atoms with Gasteiger partial charge >= 0.3 is 5.97 Å². The Hall–Kier alpha value is -2.98. The molecule has 1 amide bonds. The lowest BCUT2D eigenvalue weighted by atomic mass is 10.1. The average Bonchev–Trinajstić information content (AvgIpc) is 3.25. The Morgan fingerprint density at radius 2 is 2.13 bits per heavy atom. The normalized spacial score (nSPS) is 16.3. The molecule has 1 aliphatic heterocycles. The fourth-order valence-electron chi connectivity index (χ4n) is 3.06. The first-order chi connectivity index (χ1) is 14.2. The van der Waals surface area contributed by atoms with Crippen molar-refractivity contribution in [2.45, 2.75) is 32.7 Å². The molecule has 1 aromatic heterocycles. The second-order valence-corrected chi connectivity index (χ2v) is 8.33. The Bertz CT molecular complexity index is 1070. The van der Waals surface area contributed by atoms with Gasteiger partial charge in [0.25, 0.3) is 11.6 Å². The Morgan fingerprint density at radius 1 is 1.40 bits per heavy atom.